The lowest BCUT2D eigenvalue weighted by Crippen LogP contribution is -2.27. The summed E-state index contributed by atoms with van der Waals surface area (Å²) in [5, 5.41) is 10.9. The van der Waals surface area contributed by atoms with E-state index in [1.165, 1.54) is 16.6 Å². The Bertz CT molecular complexity index is 1790. The van der Waals surface area contributed by atoms with E-state index in [4.69, 9.17) is 11.6 Å². The van der Waals surface area contributed by atoms with Crippen molar-refractivity contribution in [3.8, 4) is 5.69 Å². The molecule has 1 aliphatic rings. The number of hydrogen-bond donors (Lipinski definition) is 0. The molecule has 1 aliphatic carbocycles. The third-order valence-corrected chi connectivity index (χ3v) is 10.2. The monoisotopic (exact) mass is 576 g/mol. The molecule has 6 nitrogen and oxygen atoms in total. The molecule has 5 aromatic rings. The van der Waals surface area contributed by atoms with Gasteiger partial charge in [0.1, 0.15) is 4.83 Å². The highest BCUT2D eigenvalue weighted by Crippen LogP contribution is 2.43. The number of aryl methyl sites for hydroxylation is 2. The zero-order valence-electron chi connectivity index (χ0n) is 22.3. The zero-order chi connectivity index (χ0) is 27.5. The van der Waals surface area contributed by atoms with Gasteiger partial charge in [-0.25, -0.2) is 8.97 Å². The fourth-order valence-electron chi connectivity index (χ4n) is 5.45. The maximum Gasteiger partial charge on any atom is 0.268 e. The third kappa shape index (κ3) is 4.62. The van der Waals surface area contributed by atoms with Gasteiger partial charge < -0.3 is 0 Å². The minimum atomic E-state index is -0.0558. The summed E-state index contributed by atoms with van der Waals surface area (Å²) in [5.41, 5.74) is 3.67. The van der Waals surface area contributed by atoms with Crippen LogP contribution in [0.5, 0.6) is 0 Å². The molecule has 0 radical (unpaired) electrons. The summed E-state index contributed by atoms with van der Waals surface area (Å²) < 4.78 is 3.68. The van der Waals surface area contributed by atoms with E-state index in [9.17, 15) is 9.59 Å². The molecule has 3 heterocycles. The van der Waals surface area contributed by atoms with Crippen LogP contribution in [-0.2, 0) is 12.8 Å². The lowest BCUT2D eigenvalue weighted by molar-refractivity contribution is 0.102. The average molecular weight is 577 g/mol. The average Bonchev–Trinajstić information content (AvgIpc) is 3.49. The van der Waals surface area contributed by atoms with Crippen molar-refractivity contribution < 1.29 is 4.79 Å². The summed E-state index contributed by atoms with van der Waals surface area (Å²) in [7, 11) is 0. The smallest absolute Gasteiger partial charge is 0.268 e. The Morgan fingerprint density at radius 3 is 2.59 bits per heavy atom. The van der Waals surface area contributed by atoms with E-state index in [1.54, 1.807) is 40.2 Å². The third-order valence-electron chi connectivity index (χ3n) is 7.76. The van der Waals surface area contributed by atoms with E-state index in [0.717, 1.165) is 46.3 Å². The summed E-state index contributed by atoms with van der Waals surface area (Å²) in [6, 6.07) is 14.8. The van der Waals surface area contributed by atoms with Crippen LogP contribution < -0.4 is 5.56 Å². The normalized spacial score (nSPS) is 15.7. The molecular formula is C30H29ClN4O2S2. The van der Waals surface area contributed by atoms with Gasteiger partial charge in [0.2, 0.25) is 5.78 Å². The summed E-state index contributed by atoms with van der Waals surface area (Å²) in [6.07, 6.45) is 2.90. The van der Waals surface area contributed by atoms with Crippen LogP contribution >= 0.6 is 34.7 Å². The summed E-state index contributed by atoms with van der Waals surface area (Å²) >= 11 is 9.02. The number of rotatable bonds is 5. The number of halogens is 1. The van der Waals surface area contributed by atoms with Crippen molar-refractivity contribution in [2.75, 3.05) is 5.75 Å². The van der Waals surface area contributed by atoms with E-state index in [2.05, 4.69) is 31.0 Å². The largest absolute Gasteiger partial charge is 0.293 e. The van der Waals surface area contributed by atoms with Crippen molar-refractivity contribution in [1.82, 2.24) is 19.2 Å². The van der Waals surface area contributed by atoms with Gasteiger partial charge in [-0.3, -0.25) is 9.59 Å². The first-order valence-corrected chi connectivity index (χ1v) is 15.2. The van der Waals surface area contributed by atoms with Crippen LogP contribution in [0.3, 0.4) is 0 Å². The Balaban J connectivity index is 1.52. The molecule has 0 bridgehead atoms. The highest BCUT2D eigenvalue weighted by atomic mass is 35.5. The Morgan fingerprint density at radius 2 is 1.87 bits per heavy atom. The van der Waals surface area contributed by atoms with Crippen molar-refractivity contribution in [2.45, 2.75) is 52.1 Å². The van der Waals surface area contributed by atoms with Gasteiger partial charge in [-0.15, -0.1) is 21.5 Å². The van der Waals surface area contributed by atoms with Gasteiger partial charge in [0.25, 0.3) is 5.56 Å². The second-order valence-electron chi connectivity index (χ2n) is 11.3. The summed E-state index contributed by atoms with van der Waals surface area (Å²) in [4.78, 5) is 29.3. The van der Waals surface area contributed by atoms with E-state index in [1.807, 2.05) is 35.6 Å². The Kier molecular flexibility index (Phi) is 6.68. The number of Topliss-reactive ketones (excluding diaryl/α,β-unsaturated/α-hetero) is 1. The lowest BCUT2D eigenvalue weighted by Gasteiger charge is -2.33. The first-order chi connectivity index (χ1) is 18.6. The van der Waals surface area contributed by atoms with Crippen LogP contribution in [0.4, 0.5) is 0 Å². The van der Waals surface area contributed by atoms with Gasteiger partial charge in [-0.2, -0.15) is 0 Å². The Morgan fingerprint density at radius 1 is 1.13 bits per heavy atom. The molecule has 0 fully saturated rings. The van der Waals surface area contributed by atoms with E-state index in [0.29, 0.717) is 27.4 Å². The van der Waals surface area contributed by atoms with E-state index >= 15 is 0 Å². The number of aromatic nitrogens is 4. The Labute approximate surface area is 240 Å². The predicted molar refractivity (Wildman–Crippen MR) is 160 cm³/mol. The van der Waals surface area contributed by atoms with Crippen molar-refractivity contribution in [3.63, 3.8) is 0 Å². The van der Waals surface area contributed by atoms with E-state index < -0.39 is 0 Å². The second-order valence-corrected chi connectivity index (χ2v) is 13.7. The maximum atomic E-state index is 14.2. The highest BCUT2D eigenvalue weighted by molar-refractivity contribution is 7.99. The van der Waals surface area contributed by atoms with Crippen LogP contribution in [0.15, 0.2) is 58.5 Å². The number of nitrogens with zero attached hydrogens (tertiary/aromatic N) is 4. The number of fused-ring (bicyclic) bond motifs is 5. The van der Waals surface area contributed by atoms with Crippen molar-refractivity contribution in [2.24, 2.45) is 11.3 Å². The number of hydrogen-bond acceptors (Lipinski definition) is 6. The number of para-hydroxylation sites is 1. The van der Waals surface area contributed by atoms with Gasteiger partial charge in [-0.1, -0.05) is 62.3 Å². The topological polar surface area (TPSA) is 69.3 Å². The van der Waals surface area contributed by atoms with Crippen LogP contribution in [0.25, 0.3) is 21.7 Å². The molecule has 200 valence electrons. The van der Waals surface area contributed by atoms with Crippen LogP contribution in [0.2, 0.25) is 5.02 Å². The molecule has 1 atom stereocenters. The fourth-order valence-corrected chi connectivity index (χ4v) is 7.88. The van der Waals surface area contributed by atoms with Gasteiger partial charge in [0, 0.05) is 15.5 Å². The molecule has 0 N–H and O–H groups in total. The number of carbonyl (C=O) groups is 1. The second kappa shape index (κ2) is 9.91. The quantitative estimate of drug-likeness (QED) is 0.164. The lowest BCUT2D eigenvalue weighted by atomic mass is 9.72. The Hall–Kier alpha value is -2.94. The zero-order valence-corrected chi connectivity index (χ0v) is 24.7. The first-order valence-electron chi connectivity index (χ1n) is 13.1. The van der Waals surface area contributed by atoms with Crippen LogP contribution in [-0.4, -0.2) is 30.7 Å². The minimum absolute atomic E-state index is 0.0182. The maximum absolute atomic E-state index is 14.2. The number of carbonyl (C=O) groups excluding carboxylic acids is 1. The number of benzene rings is 2. The minimum Gasteiger partial charge on any atom is -0.293 e. The molecule has 39 heavy (non-hydrogen) atoms. The molecule has 0 saturated carbocycles. The summed E-state index contributed by atoms with van der Waals surface area (Å²) in [6.45, 7) is 8.89. The number of thioether (sulfide) groups is 1. The fraction of sp³-hybridized carbons (Fsp3) is 0.333. The molecule has 0 unspecified atom stereocenters. The summed E-state index contributed by atoms with van der Waals surface area (Å²) in [5.74, 6) is 1.20. The highest BCUT2D eigenvalue weighted by Gasteiger charge is 2.33. The van der Waals surface area contributed by atoms with Gasteiger partial charge >= 0.3 is 0 Å². The molecular weight excluding hydrogens is 548 g/mol. The molecule has 3 aromatic heterocycles. The van der Waals surface area contributed by atoms with Crippen LogP contribution in [0.1, 0.15) is 53.6 Å². The van der Waals surface area contributed by atoms with Crippen molar-refractivity contribution in [3.05, 3.63) is 85.5 Å². The predicted octanol–water partition coefficient (Wildman–Crippen LogP) is 7.18. The molecule has 0 amide bonds. The molecule has 0 spiro atoms. The van der Waals surface area contributed by atoms with Crippen molar-refractivity contribution in [1.29, 1.82) is 0 Å². The van der Waals surface area contributed by atoms with Gasteiger partial charge in [0.15, 0.2) is 10.9 Å². The molecule has 6 rings (SSSR count). The van der Waals surface area contributed by atoms with Crippen LogP contribution in [0, 0.1) is 18.3 Å². The van der Waals surface area contributed by atoms with E-state index in [-0.39, 0.29) is 22.5 Å². The standard InChI is InChI=1S/C30H29ClN4O2S2/c1-17-7-5-6-8-22(17)34-26(37)25-21-14-11-19(30(2,3)4)15-24(21)39-27(25)35-28(34)32-33-29(35)38-16-23(36)18-9-12-20(31)13-10-18/h5-10,12-13,19H,11,14-16H2,1-4H3/t19-/m1/s1. The van der Waals surface area contributed by atoms with Crippen molar-refractivity contribution >= 4 is 56.5 Å². The molecule has 2 aromatic carbocycles. The van der Waals surface area contributed by atoms with Gasteiger partial charge in [-0.05, 0) is 79.0 Å². The molecule has 9 heteroatoms. The molecule has 0 aliphatic heterocycles. The number of ketones is 1. The first kappa shape index (κ1) is 26.3. The molecule has 0 saturated heterocycles. The number of thiophene rings is 1. The SMILES string of the molecule is Cc1ccccc1-n1c(=O)c2c3c(sc2n2c(SCC(=O)c4ccc(Cl)cc4)nnc12)C[C@H](C(C)(C)C)CC3. The van der Waals surface area contributed by atoms with Gasteiger partial charge in [0.05, 0.1) is 16.8 Å².